The van der Waals surface area contributed by atoms with Crippen LogP contribution in [0.3, 0.4) is 0 Å². The first-order valence-corrected chi connectivity index (χ1v) is 23.9. The molecule has 0 aromatic carbocycles. The van der Waals surface area contributed by atoms with Crippen molar-refractivity contribution in [3.63, 3.8) is 0 Å². The van der Waals surface area contributed by atoms with Crippen LogP contribution in [0.25, 0.3) is 0 Å². The van der Waals surface area contributed by atoms with Gasteiger partial charge >= 0.3 is 0 Å². The molecule has 1 fully saturated rings. The van der Waals surface area contributed by atoms with Gasteiger partial charge in [-0.2, -0.15) is 0 Å². The van der Waals surface area contributed by atoms with Crippen molar-refractivity contribution in [3.05, 3.63) is 0 Å². The van der Waals surface area contributed by atoms with E-state index < -0.39 is 45.7 Å². The van der Waals surface area contributed by atoms with E-state index in [0.717, 1.165) is 0 Å². The third kappa shape index (κ3) is 10.1. The summed E-state index contributed by atoms with van der Waals surface area (Å²) in [5, 5.41) is 10.8. The molecule has 1 N–H and O–H groups in total. The average molecular weight is 469 g/mol. The van der Waals surface area contributed by atoms with E-state index in [0.29, 0.717) is 6.61 Å². The molecule has 168 valence electrons. The van der Waals surface area contributed by atoms with Crippen molar-refractivity contribution in [3.8, 4) is 0 Å². The van der Waals surface area contributed by atoms with Crippen LogP contribution in [0.5, 0.6) is 0 Å². The molecule has 1 aliphatic heterocycles. The fraction of sp³-hybridized carbons (Fsp3) is 1.00. The summed E-state index contributed by atoms with van der Waals surface area (Å²) >= 11 is 0. The molecule has 6 nitrogen and oxygen atoms in total. The van der Waals surface area contributed by atoms with Gasteiger partial charge in [-0.1, -0.05) is 0 Å². The van der Waals surface area contributed by atoms with E-state index in [1.54, 1.807) is 0 Å². The average Bonchev–Trinajstić information content (AvgIpc) is 2.39. The Hall–Kier alpha value is 0.628. The van der Waals surface area contributed by atoms with Crippen LogP contribution >= 0.6 is 0 Å². The van der Waals surface area contributed by atoms with Gasteiger partial charge in [0.05, 0.1) is 6.61 Å². The quantitative estimate of drug-likeness (QED) is 0.511. The van der Waals surface area contributed by atoms with Gasteiger partial charge in [0.2, 0.25) is 0 Å². The van der Waals surface area contributed by atoms with Crippen molar-refractivity contribution in [1.29, 1.82) is 0 Å². The van der Waals surface area contributed by atoms with Crippen LogP contribution in [-0.2, 0) is 22.4 Å². The smallest absolute Gasteiger partial charge is 0.184 e. The summed E-state index contributed by atoms with van der Waals surface area (Å²) in [5.74, 6) is 0. The SMILES string of the molecule is C[Si](C)(C)OC[C@H]1O[C@@H](O)[C@H](O[Si](C)(C)C)[C@H](O[Si](C)(C)C)[C@H]1O[Si](C)(C)C. The van der Waals surface area contributed by atoms with E-state index in [4.69, 9.17) is 22.4 Å². The van der Waals surface area contributed by atoms with E-state index in [1.165, 1.54) is 0 Å². The van der Waals surface area contributed by atoms with Gasteiger partial charge in [0, 0.05) is 0 Å². The molecule has 1 heterocycles. The Morgan fingerprint density at radius 2 is 1.00 bits per heavy atom. The standard InChI is InChI=1S/C18H44O6Si4/c1-25(2,3)20-13-14-15(22-26(4,5)6)16(23-27(7,8)9)17(18(19)21-14)24-28(10,11)12/h14-19H,13H2,1-12H3/t14-,15+,16-,17-,18-/m1/s1. The molecule has 28 heavy (non-hydrogen) atoms. The number of aliphatic hydroxyl groups excluding tert-OH is 1. The molecule has 0 aromatic rings. The number of hydrogen-bond acceptors (Lipinski definition) is 6. The summed E-state index contributed by atoms with van der Waals surface area (Å²) < 4.78 is 31.7. The number of hydrogen-bond donors (Lipinski definition) is 1. The largest absolute Gasteiger partial charge is 0.415 e. The highest BCUT2D eigenvalue weighted by molar-refractivity contribution is 6.71. The third-order valence-electron chi connectivity index (χ3n) is 3.76. The highest BCUT2D eigenvalue weighted by atomic mass is 28.4. The van der Waals surface area contributed by atoms with Gasteiger partial charge in [-0.05, 0) is 78.6 Å². The molecule has 10 heteroatoms. The van der Waals surface area contributed by atoms with Crippen molar-refractivity contribution in [1.82, 2.24) is 0 Å². The maximum absolute atomic E-state index is 10.8. The van der Waals surface area contributed by atoms with Crippen LogP contribution in [0.2, 0.25) is 78.6 Å². The molecule has 1 rings (SSSR count). The molecule has 1 aliphatic rings. The molecule has 0 spiro atoms. The number of aliphatic hydroxyl groups is 1. The van der Waals surface area contributed by atoms with Gasteiger partial charge in [-0.25, -0.2) is 0 Å². The summed E-state index contributed by atoms with van der Waals surface area (Å²) in [6, 6.07) is 0. The molecular formula is C18H44O6Si4. The van der Waals surface area contributed by atoms with E-state index in [-0.39, 0.29) is 18.3 Å². The predicted molar refractivity (Wildman–Crippen MR) is 125 cm³/mol. The Balaban J connectivity index is 3.26. The minimum absolute atomic E-state index is 0.320. The normalized spacial score (nSPS) is 30.5. The maximum atomic E-state index is 10.8. The van der Waals surface area contributed by atoms with Gasteiger partial charge in [-0.15, -0.1) is 0 Å². The Morgan fingerprint density at radius 3 is 1.39 bits per heavy atom. The lowest BCUT2D eigenvalue weighted by Crippen LogP contribution is -2.66. The maximum Gasteiger partial charge on any atom is 0.184 e. The van der Waals surface area contributed by atoms with Gasteiger partial charge in [0.15, 0.2) is 39.6 Å². The second-order valence-corrected chi connectivity index (χ2v) is 29.5. The zero-order chi connectivity index (χ0) is 22.1. The van der Waals surface area contributed by atoms with Crippen molar-refractivity contribution >= 4 is 33.3 Å². The molecule has 5 atom stereocenters. The topological polar surface area (TPSA) is 66.4 Å². The van der Waals surface area contributed by atoms with Crippen LogP contribution in [0.15, 0.2) is 0 Å². The van der Waals surface area contributed by atoms with Crippen LogP contribution in [-0.4, -0.2) is 75.7 Å². The lowest BCUT2D eigenvalue weighted by Gasteiger charge is -2.49. The van der Waals surface area contributed by atoms with Crippen LogP contribution in [0.4, 0.5) is 0 Å². The van der Waals surface area contributed by atoms with Crippen LogP contribution in [0.1, 0.15) is 0 Å². The van der Waals surface area contributed by atoms with Gasteiger partial charge in [-0.3, -0.25) is 0 Å². The van der Waals surface area contributed by atoms with Gasteiger partial charge < -0.3 is 27.5 Å². The molecule has 0 bridgehead atoms. The highest BCUT2D eigenvalue weighted by Crippen LogP contribution is 2.33. The van der Waals surface area contributed by atoms with Crippen LogP contribution < -0.4 is 0 Å². The van der Waals surface area contributed by atoms with Crippen molar-refractivity contribution in [2.75, 3.05) is 6.61 Å². The second-order valence-electron chi connectivity index (χ2n) is 11.6. The van der Waals surface area contributed by atoms with E-state index in [2.05, 4.69) is 78.6 Å². The molecular weight excluding hydrogens is 425 g/mol. The van der Waals surface area contributed by atoms with Crippen LogP contribution in [0, 0.1) is 0 Å². The van der Waals surface area contributed by atoms with Gasteiger partial charge in [0.25, 0.3) is 0 Å². The molecule has 0 amide bonds. The number of rotatable bonds is 9. The Kier molecular flexibility index (Phi) is 8.96. The summed E-state index contributed by atoms with van der Waals surface area (Å²) in [5.41, 5.74) is 0. The lowest BCUT2D eigenvalue weighted by atomic mass is 9.99. The Bertz CT molecular complexity index is 492. The predicted octanol–water partition coefficient (Wildman–Crippen LogP) is 4.22. The zero-order valence-electron chi connectivity index (χ0n) is 20.1. The van der Waals surface area contributed by atoms with E-state index >= 15 is 0 Å². The minimum atomic E-state index is -1.94. The second kappa shape index (κ2) is 9.41. The summed E-state index contributed by atoms with van der Waals surface area (Å²) in [6.45, 7) is 26.1. The first-order valence-electron chi connectivity index (χ1n) is 10.3. The molecule has 0 radical (unpaired) electrons. The number of ether oxygens (including phenoxy) is 1. The molecule has 1 saturated heterocycles. The Labute approximate surface area is 176 Å². The Morgan fingerprint density at radius 1 is 0.607 bits per heavy atom. The molecule has 0 unspecified atom stereocenters. The fourth-order valence-electron chi connectivity index (χ4n) is 2.99. The fourth-order valence-corrected chi connectivity index (χ4v) is 6.91. The highest BCUT2D eigenvalue weighted by Gasteiger charge is 2.51. The molecule has 0 aliphatic carbocycles. The zero-order valence-corrected chi connectivity index (χ0v) is 24.1. The first kappa shape index (κ1) is 26.7. The monoisotopic (exact) mass is 468 g/mol. The first-order chi connectivity index (χ1) is 12.3. The molecule has 0 saturated carbocycles. The minimum Gasteiger partial charge on any atom is -0.415 e. The van der Waals surface area contributed by atoms with Crippen molar-refractivity contribution < 1.29 is 27.5 Å². The van der Waals surface area contributed by atoms with E-state index in [1.807, 2.05) is 0 Å². The summed E-state index contributed by atoms with van der Waals surface area (Å²) in [4.78, 5) is 0. The van der Waals surface area contributed by atoms with Crippen molar-refractivity contribution in [2.45, 2.75) is 109 Å². The lowest BCUT2D eigenvalue weighted by molar-refractivity contribution is -0.274. The third-order valence-corrected chi connectivity index (χ3v) is 7.73. The molecule has 0 aromatic heterocycles. The van der Waals surface area contributed by atoms with Crippen molar-refractivity contribution in [2.24, 2.45) is 0 Å². The van der Waals surface area contributed by atoms with E-state index in [9.17, 15) is 5.11 Å². The summed E-state index contributed by atoms with van der Waals surface area (Å²) in [7, 11) is -7.50. The summed E-state index contributed by atoms with van der Waals surface area (Å²) in [6.07, 6.45) is -2.67. The van der Waals surface area contributed by atoms with Gasteiger partial charge in [0.1, 0.15) is 24.4 Å².